The normalized spacial score (nSPS) is 13.9. The molecule has 1 unspecified atom stereocenters. The molecule has 0 heterocycles. The number of rotatable bonds is 4. The lowest BCUT2D eigenvalue weighted by Crippen LogP contribution is -2.40. The van der Waals surface area contributed by atoms with Crippen molar-refractivity contribution in [2.45, 2.75) is 40.2 Å². The van der Waals surface area contributed by atoms with E-state index in [2.05, 4.69) is 26.1 Å². The third-order valence-corrected chi connectivity index (χ3v) is 2.07. The molecule has 1 N–H and O–H groups in total. The van der Waals surface area contributed by atoms with Crippen LogP contribution in [0, 0.1) is 5.41 Å². The molecule has 3 heteroatoms. The van der Waals surface area contributed by atoms with Gasteiger partial charge >= 0.3 is 5.97 Å². The Hall–Kier alpha value is -0.570. The van der Waals surface area contributed by atoms with Gasteiger partial charge in [-0.2, -0.15) is 0 Å². The van der Waals surface area contributed by atoms with Crippen molar-refractivity contribution >= 4 is 5.97 Å². The van der Waals surface area contributed by atoms with Crippen LogP contribution in [-0.2, 0) is 9.53 Å². The fourth-order valence-electron chi connectivity index (χ4n) is 1.23. The fraction of sp³-hybridized carbons (Fsp3) is 0.900. The summed E-state index contributed by atoms with van der Waals surface area (Å²) in [6.45, 7) is 8.59. The molecule has 0 aromatic carbocycles. The molecule has 0 aliphatic heterocycles. The Morgan fingerprint density at radius 3 is 2.31 bits per heavy atom. The summed E-state index contributed by atoms with van der Waals surface area (Å²) in [5.74, 6) is -0.128. The molecule has 13 heavy (non-hydrogen) atoms. The first-order valence-electron chi connectivity index (χ1n) is 4.74. The number of carbonyl (C=O) groups is 1. The molecular formula is C10H21NO2. The summed E-state index contributed by atoms with van der Waals surface area (Å²) < 4.78 is 4.89. The van der Waals surface area contributed by atoms with E-state index in [0.29, 0.717) is 13.0 Å². The van der Waals surface area contributed by atoms with E-state index >= 15 is 0 Å². The Morgan fingerprint density at radius 2 is 2.00 bits per heavy atom. The van der Waals surface area contributed by atoms with Crippen LogP contribution in [0.25, 0.3) is 0 Å². The smallest absolute Gasteiger partial charge is 0.307 e. The predicted molar refractivity (Wildman–Crippen MR) is 53.6 cm³/mol. The Kier molecular flexibility index (Phi) is 4.99. The molecule has 0 saturated carbocycles. The van der Waals surface area contributed by atoms with Crippen LogP contribution in [-0.4, -0.2) is 25.7 Å². The first-order valence-corrected chi connectivity index (χ1v) is 4.74. The van der Waals surface area contributed by atoms with Gasteiger partial charge in [-0.15, -0.1) is 0 Å². The fourth-order valence-corrected chi connectivity index (χ4v) is 1.23. The third kappa shape index (κ3) is 4.88. The van der Waals surface area contributed by atoms with E-state index in [1.165, 1.54) is 0 Å². The van der Waals surface area contributed by atoms with E-state index in [0.717, 1.165) is 0 Å². The van der Waals surface area contributed by atoms with Gasteiger partial charge in [-0.05, 0) is 19.4 Å². The maximum Gasteiger partial charge on any atom is 0.307 e. The summed E-state index contributed by atoms with van der Waals surface area (Å²) in [4.78, 5) is 11.2. The number of ether oxygens (including phenoxy) is 1. The minimum atomic E-state index is -0.128. The Morgan fingerprint density at radius 1 is 1.46 bits per heavy atom. The lowest BCUT2D eigenvalue weighted by Gasteiger charge is -2.29. The minimum absolute atomic E-state index is 0.0848. The summed E-state index contributed by atoms with van der Waals surface area (Å²) in [6, 6.07) is 0.173. The molecule has 0 spiro atoms. The quantitative estimate of drug-likeness (QED) is 0.679. The van der Waals surface area contributed by atoms with Crippen LogP contribution in [0.2, 0.25) is 0 Å². The SMILES string of the molecule is CCOC(=O)CC(NC)C(C)(C)C. The molecule has 3 nitrogen and oxygen atoms in total. The van der Waals surface area contributed by atoms with Crippen molar-refractivity contribution in [2.24, 2.45) is 5.41 Å². The molecule has 0 aliphatic carbocycles. The van der Waals surface area contributed by atoms with Crippen LogP contribution in [0.3, 0.4) is 0 Å². The first-order chi connectivity index (χ1) is 5.91. The molecule has 0 bridgehead atoms. The molecule has 0 aromatic heterocycles. The molecule has 0 fully saturated rings. The predicted octanol–water partition coefficient (Wildman–Crippen LogP) is 1.57. The molecule has 78 valence electrons. The number of hydrogen-bond donors (Lipinski definition) is 1. The summed E-state index contributed by atoms with van der Waals surface area (Å²) in [5.41, 5.74) is 0.0848. The number of esters is 1. The highest BCUT2D eigenvalue weighted by Crippen LogP contribution is 2.21. The highest BCUT2D eigenvalue weighted by atomic mass is 16.5. The summed E-state index contributed by atoms with van der Waals surface area (Å²) in [6.07, 6.45) is 0.438. The molecule has 0 rings (SSSR count). The maximum absolute atomic E-state index is 11.2. The number of nitrogens with one attached hydrogen (secondary N) is 1. The summed E-state index contributed by atoms with van der Waals surface area (Å²) in [5, 5.41) is 3.13. The van der Waals surface area contributed by atoms with Gasteiger partial charge in [0.15, 0.2) is 0 Å². The van der Waals surface area contributed by atoms with Crippen LogP contribution >= 0.6 is 0 Å². The van der Waals surface area contributed by atoms with Crippen LogP contribution in [0.15, 0.2) is 0 Å². The van der Waals surface area contributed by atoms with Gasteiger partial charge in [0.25, 0.3) is 0 Å². The van der Waals surface area contributed by atoms with Gasteiger partial charge in [-0.3, -0.25) is 4.79 Å². The average Bonchev–Trinajstić information content (AvgIpc) is 1.98. The van der Waals surface area contributed by atoms with Gasteiger partial charge in [0.05, 0.1) is 13.0 Å². The van der Waals surface area contributed by atoms with E-state index in [1.807, 2.05) is 14.0 Å². The Bertz CT molecular complexity index is 161. The minimum Gasteiger partial charge on any atom is -0.466 e. The molecule has 0 saturated heterocycles. The van der Waals surface area contributed by atoms with Gasteiger partial charge in [0, 0.05) is 6.04 Å². The zero-order valence-electron chi connectivity index (χ0n) is 9.31. The van der Waals surface area contributed by atoms with Crippen LogP contribution in [0.4, 0.5) is 0 Å². The topological polar surface area (TPSA) is 38.3 Å². The van der Waals surface area contributed by atoms with E-state index in [4.69, 9.17) is 4.74 Å². The second-order valence-electron chi connectivity index (χ2n) is 4.22. The zero-order valence-corrected chi connectivity index (χ0v) is 9.31. The van der Waals surface area contributed by atoms with Crippen molar-refractivity contribution in [3.05, 3.63) is 0 Å². The van der Waals surface area contributed by atoms with Crippen LogP contribution < -0.4 is 5.32 Å². The highest BCUT2D eigenvalue weighted by molar-refractivity contribution is 5.70. The van der Waals surface area contributed by atoms with E-state index in [-0.39, 0.29) is 17.4 Å². The molecule has 0 aromatic rings. The van der Waals surface area contributed by atoms with Crippen molar-refractivity contribution in [1.29, 1.82) is 0 Å². The number of carbonyl (C=O) groups excluding carboxylic acids is 1. The van der Waals surface area contributed by atoms with Crippen molar-refractivity contribution in [1.82, 2.24) is 5.32 Å². The van der Waals surface area contributed by atoms with Crippen LogP contribution in [0.5, 0.6) is 0 Å². The van der Waals surface area contributed by atoms with E-state index in [1.54, 1.807) is 0 Å². The average molecular weight is 187 g/mol. The van der Waals surface area contributed by atoms with Crippen LogP contribution in [0.1, 0.15) is 34.1 Å². The largest absolute Gasteiger partial charge is 0.466 e. The zero-order chi connectivity index (χ0) is 10.5. The number of hydrogen-bond acceptors (Lipinski definition) is 3. The maximum atomic E-state index is 11.2. The third-order valence-electron chi connectivity index (χ3n) is 2.07. The second-order valence-corrected chi connectivity index (χ2v) is 4.22. The first kappa shape index (κ1) is 12.4. The molecule has 0 radical (unpaired) electrons. The molecule has 0 amide bonds. The van der Waals surface area contributed by atoms with E-state index < -0.39 is 0 Å². The van der Waals surface area contributed by atoms with Gasteiger partial charge in [-0.1, -0.05) is 20.8 Å². The van der Waals surface area contributed by atoms with Gasteiger partial charge in [-0.25, -0.2) is 0 Å². The van der Waals surface area contributed by atoms with Crippen molar-refractivity contribution in [3.63, 3.8) is 0 Å². The lowest BCUT2D eigenvalue weighted by molar-refractivity contribution is -0.144. The van der Waals surface area contributed by atoms with Gasteiger partial charge < -0.3 is 10.1 Å². The Labute approximate surface area is 80.8 Å². The Balaban J connectivity index is 4.06. The second kappa shape index (κ2) is 5.22. The molecular weight excluding hydrogens is 166 g/mol. The molecule has 1 atom stereocenters. The van der Waals surface area contributed by atoms with Crippen molar-refractivity contribution < 1.29 is 9.53 Å². The lowest BCUT2D eigenvalue weighted by atomic mass is 9.85. The van der Waals surface area contributed by atoms with E-state index in [9.17, 15) is 4.79 Å². The van der Waals surface area contributed by atoms with Crippen molar-refractivity contribution in [3.8, 4) is 0 Å². The highest BCUT2D eigenvalue weighted by Gasteiger charge is 2.25. The standard InChI is InChI=1S/C10H21NO2/c1-6-13-9(12)7-8(11-5)10(2,3)4/h8,11H,6-7H2,1-5H3. The van der Waals surface area contributed by atoms with Crippen molar-refractivity contribution in [2.75, 3.05) is 13.7 Å². The monoisotopic (exact) mass is 187 g/mol. The van der Waals surface area contributed by atoms with Gasteiger partial charge in [0.2, 0.25) is 0 Å². The molecule has 0 aliphatic rings. The summed E-state index contributed by atoms with van der Waals surface area (Å²) in [7, 11) is 1.87. The summed E-state index contributed by atoms with van der Waals surface area (Å²) >= 11 is 0. The van der Waals surface area contributed by atoms with Gasteiger partial charge in [0.1, 0.15) is 0 Å².